The Kier molecular flexibility index (Phi) is 2.23. The van der Waals surface area contributed by atoms with Gasteiger partial charge in [0.2, 0.25) is 5.91 Å². The molecule has 0 aromatic heterocycles. The van der Waals surface area contributed by atoms with Crippen LogP contribution in [0.1, 0.15) is 18.9 Å². The first kappa shape index (κ1) is 9.19. The molecule has 0 fully saturated rings. The van der Waals surface area contributed by atoms with E-state index in [1.54, 1.807) is 6.07 Å². The molecule has 1 atom stereocenters. The molecule has 1 N–H and O–H groups in total. The van der Waals surface area contributed by atoms with Gasteiger partial charge in [0.25, 0.3) is 0 Å². The van der Waals surface area contributed by atoms with Crippen LogP contribution in [0.4, 0.5) is 10.1 Å². The zero-order valence-electron chi connectivity index (χ0n) is 8.01. The Morgan fingerprint density at radius 2 is 2.29 bits per heavy atom. The predicted molar refractivity (Wildman–Crippen MR) is 52.5 cm³/mol. The van der Waals surface area contributed by atoms with Crippen molar-refractivity contribution in [1.29, 1.82) is 0 Å². The number of aryl methyl sites for hydroxylation is 1. The van der Waals surface area contributed by atoms with Gasteiger partial charge < -0.3 is 5.32 Å². The van der Waals surface area contributed by atoms with Crippen molar-refractivity contribution in [2.75, 3.05) is 5.32 Å². The van der Waals surface area contributed by atoms with E-state index in [0.29, 0.717) is 0 Å². The zero-order chi connectivity index (χ0) is 10.1. The Morgan fingerprint density at radius 1 is 1.50 bits per heavy atom. The average molecular weight is 193 g/mol. The van der Waals surface area contributed by atoms with Gasteiger partial charge in [0.15, 0.2) is 0 Å². The number of fused-ring (bicyclic) bond motifs is 1. The summed E-state index contributed by atoms with van der Waals surface area (Å²) in [5.74, 6) is -0.214. The summed E-state index contributed by atoms with van der Waals surface area (Å²) < 4.78 is 12.9. The Bertz CT molecular complexity index is 376. The maximum Gasteiger partial charge on any atom is 0.227 e. The maximum atomic E-state index is 12.9. The molecule has 1 aliphatic rings. The molecule has 0 bridgehead atoms. The number of amides is 1. The fourth-order valence-corrected chi connectivity index (χ4v) is 1.65. The minimum Gasteiger partial charge on any atom is -0.326 e. The summed E-state index contributed by atoms with van der Waals surface area (Å²) in [6.45, 7) is 1.89. The minimum atomic E-state index is -0.243. The molecule has 14 heavy (non-hydrogen) atoms. The second kappa shape index (κ2) is 3.40. The summed E-state index contributed by atoms with van der Waals surface area (Å²) in [5, 5.41) is 2.79. The molecule has 0 saturated heterocycles. The lowest BCUT2D eigenvalue weighted by atomic mass is 10.0. The molecule has 0 radical (unpaired) electrons. The maximum absolute atomic E-state index is 12.9. The first-order valence-corrected chi connectivity index (χ1v) is 4.76. The van der Waals surface area contributed by atoms with E-state index in [2.05, 4.69) is 5.32 Å². The van der Waals surface area contributed by atoms with E-state index in [0.717, 1.165) is 24.1 Å². The van der Waals surface area contributed by atoms with Gasteiger partial charge in [-0.25, -0.2) is 4.39 Å². The first-order chi connectivity index (χ1) is 6.66. The highest BCUT2D eigenvalue weighted by Crippen LogP contribution is 2.24. The highest BCUT2D eigenvalue weighted by atomic mass is 19.1. The lowest BCUT2D eigenvalue weighted by Crippen LogP contribution is -2.18. The van der Waals surface area contributed by atoms with Gasteiger partial charge in [0.05, 0.1) is 0 Å². The van der Waals surface area contributed by atoms with Gasteiger partial charge >= 0.3 is 0 Å². The number of carbonyl (C=O) groups is 1. The summed E-state index contributed by atoms with van der Waals surface area (Å²) in [5.41, 5.74) is 1.64. The van der Waals surface area contributed by atoms with E-state index in [-0.39, 0.29) is 17.6 Å². The second-order valence-electron chi connectivity index (χ2n) is 3.73. The lowest BCUT2D eigenvalue weighted by molar-refractivity contribution is -0.119. The van der Waals surface area contributed by atoms with Crippen LogP contribution >= 0.6 is 0 Å². The van der Waals surface area contributed by atoms with E-state index in [4.69, 9.17) is 0 Å². The molecule has 0 saturated carbocycles. The molecule has 0 spiro atoms. The van der Waals surface area contributed by atoms with Crippen molar-refractivity contribution in [3.63, 3.8) is 0 Å². The van der Waals surface area contributed by atoms with E-state index in [1.165, 1.54) is 12.1 Å². The average Bonchev–Trinajstić information content (AvgIpc) is 2.29. The molecule has 1 unspecified atom stereocenters. The Labute approximate surface area is 82.1 Å². The minimum absolute atomic E-state index is 0.00506. The number of hydrogen-bond acceptors (Lipinski definition) is 1. The summed E-state index contributed by atoms with van der Waals surface area (Å²) >= 11 is 0. The second-order valence-corrected chi connectivity index (χ2v) is 3.73. The number of hydrogen-bond donors (Lipinski definition) is 1. The fraction of sp³-hybridized carbons (Fsp3) is 0.364. The van der Waals surface area contributed by atoms with Gasteiger partial charge in [-0.1, -0.05) is 6.92 Å². The van der Waals surface area contributed by atoms with Crippen LogP contribution in [0.15, 0.2) is 18.2 Å². The van der Waals surface area contributed by atoms with Crippen molar-refractivity contribution < 1.29 is 9.18 Å². The van der Waals surface area contributed by atoms with E-state index in [1.807, 2.05) is 6.92 Å². The predicted octanol–water partition coefficient (Wildman–Crippen LogP) is 2.35. The largest absolute Gasteiger partial charge is 0.326 e. The van der Waals surface area contributed by atoms with Gasteiger partial charge in [-0.2, -0.15) is 0 Å². The number of benzene rings is 1. The summed E-state index contributed by atoms with van der Waals surface area (Å²) in [6.07, 6.45) is 1.54. The highest BCUT2D eigenvalue weighted by molar-refractivity contribution is 5.93. The van der Waals surface area contributed by atoms with Crippen LogP contribution in [0.2, 0.25) is 0 Å². The highest BCUT2D eigenvalue weighted by Gasteiger charge is 2.19. The molecule has 1 aromatic carbocycles. The van der Waals surface area contributed by atoms with Crippen LogP contribution in [0.3, 0.4) is 0 Å². The molecule has 0 aliphatic carbocycles. The Balaban J connectivity index is 2.37. The number of nitrogens with one attached hydrogen (secondary N) is 1. The van der Waals surface area contributed by atoms with Crippen LogP contribution < -0.4 is 5.32 Å². The number of carbonyl (C=O) groups excluding carboxylic acids is 1. The van der Waals surface area contributed by atoms with Crippen molar-refractivity contribution in [3.8, 4) is 0 Å². The standard InChI is InChI=1S/C11H12FNO/c1-7-2-3-8-6-9(12)4-5-10(8)13-11(7)14/h4-7H,2-3H2,1H3,(H,13,14). The summed E-state index contributed by atoms with van der Waals surface area (Å²) in [7, 11) is 0. The number of anilines is 1. The summed E-state index contributed by atoms with van der Waals surface area (Å²) in [4.78, 5) is 11.5. The van der Waals surface area contributed by atoms with Crippen molar-refractivity contribution >= 4 is 11.6 Å². The lowest BCUT2D eigenvalue weighted by Gasteiger charge is -2.06. The molecule has 2 rings (SSSR count). The molecule has 2 nitrogen and oxygen atoms in total. The monoisotopic (exact) mass is 193 g/mol. The third kappa shape index (κ3) is 1.62. The molecule has 1 aliphatic heterocycles. The van der Waals surface area contributed by atoms with Crippen LogP contribution in [-0.4, -0.2) is 5.91 Å². The van der Waals surface area contributed by atoms with Crippen LogP contribution in [0, 0.1) is 11.7 Å². The molecule has 3 heteroatoms. The van der Waals surface area contributed by atoms with Gasteiger partial charge in [0.1, 0.15) is 5.82 Å². The van der Waals surface area contributed by atoms with Crippen molar-refractivity contribution in [2.45, 2.75) is 19.8 Å². The molecule has 1 aromatic rings. The number of halogens is 1. The van der Waals surface area contributed by atoms with Crippen molar-refractivity contribution in [1.82, 2.24) is 0 Å². The van der Waals surface area contributed by atoms with Gasteiger partial charge in [0, 0.05) is 11.6 Å². The summed E-state index contributed by atoms with van der Waals surface area (Å²) in [6, 6.07) is 4.49. The van der Waals surface area contributed by atoms with Gasteiger partial charge in [-0.3, -0.25) is 4.79 Å². The zero-order valence-corrected chi connectivity index (χ0v) is 8.01. The molecule has 1 heterocycles. The number of rotatable bonds is 0. The van der Waals surface area contributed by atoms with Gasteiger partial charge in [-0.05, 0) is 36.6 Å². The smallest absolute Gasteiger partial charge is 0.227 e. The molecule has 74 valence electrons. The third-order valence-corrected chi connectivity index (χ3v) is 2.62. The Morgan fingerprint density at radius 3 is 3.07 bits per heavy atom. The van der Waals surface area contributed by atoms with Crippen LogP contribution in [0.5, 0.6) is 0 Å². The van der Waals surface area contributed by atoms with Crippen molar-refractivity contribution in [2.24, 2.45) is 5.92 Å². The van der Waals surface area contributed by atoms with Crippen LogP contribution in [-0.2, 0) is 11.2 Å². The third-order valence-electron chi connectivity index (χ3n) is 2.62. The normalized spacial score (nSPS) is 21.0. The van der Waals surface area contributed by atoms with Crippen LogP contribution in [0.25, 0.3) is 0 Å². The van der Waals surface area contributed by atoms with E-state index < -0.39 is 0 Å². The van der Waals surface area contributed by atoms with E-state index >= 15 is 0 Å². The first-order valence-electron chi connectivity index (χ1n) is 4.76. The SMILES string of the molecule is CC1CCc2cc(F)ccc2NC1=O. The molecule has 1 amide bonds. The quantitative estimate of drug-likeness (QED) is 0.673. The molecular weight excluding hydrogens is 181 g/mol. The Hall–Kier alpha value is -1.38. The van der Waals surface area contributed by atoms with E-state index in [9.17, 15) is 9.18 Å². The fourth-order valence-electron chi connectivity index (χ4n) is 1.65. The van der Waals surface area contributed by atoms with Gasteiger partial charge in [-0.15, -0.1) is 0 Å². The topological polar surface area (TPSA) is 29.1 Å². The molecular formula is C11H12FNO. The van der Waals surface area contributed by atoms with Crippen molar-refractivity contribution in [3.05, 3.63) is 29.6 Å².